The molecule has 33 heavy (non-hydrogen) atoms. The van der Waals surface area contributed by atoms with Gasteiger partial charge in [0, 0.05) is 31.5 Å². The quantitative estimate of drug-likeness (QED) is 0.707. The van der Waals surface area contributed by atoms with Crippen LogP contribution in [-0.4, -0.2) is 46.4 Å². The van der Waals surface area contributed by atoms with Crippen LogP contribution in [0.1, 0.15) is 51.7 Å². The molecule has 1 aromatic heterocycles. The average molecular weight is 448 g/mol. The first-order valence-corrected chi connectivity index (χ1v) is 11.4. The fourth-order valence-electron chi connectivity index (χ4n) is 4.95. The summed E-state index contributed by atoms with van der Waals surface area (Å²) in [6, 6.07) is 9.11. The van der Waals surface area contributed by atoms with Crippen LogP contribution in [0.2, 0.25) is 0 Å². The van der Waals surface area contributed by atoms with Crippen molar-refractivity contribution in [3.63, 3.8) is 0 Å². The molecule has 1 aliphatic carbocycles. The molecule has 2 aromatic rings. The van der Waals surface area contributed by atoms with E-state index in [0.717, 1.165) is 35.5 Å². The van der Waals surface area contributed by atoms with E-state index < -0.39 is 11.0 Å². The minimum Gasteiger partial charge on any atom is -0.368 e. The second-order valence-corrected chi connectivity index (χ2v) is 10.1. The van der Waals surface area contributed by atoms with Crippen LogP contribution in [0.15, 0.2) is 36.5 Å². The molecule has 0 atom stereocenters. The third-order valence-corrected chi connectivity index (χ3v) is 7.01. The molecule has 8 nitrogen and oxygen atoms in total. The molecule has 2 aliphatic heterocycles. The van der Waals surface area contributed by atoms with Gasteiger partial charge in [-0.25, -0.2) is 14.7 Å². The van der Waals surface area contributed by atoms with Gasteiger partial charge in [0.05, 0.1) is 11.1 Å². The lowest BCUT2D eigenvalue weighted by Gasteiger charge is -2.27. The van der Waals surface area contributed by atoms with Crippen molar-refractivity contribution in [2.24, 2.45) is 0 Å². The van der Waals surface area contributed by atoms with E-state index in [1.165, 1.54) is 4.90 Å². The predicted octanol–water partition coefficient (Wildman–Crippen LogP) is 3.66. The molecule has 1 N–H and O–H groups in total. The third kappa shape index (κ3) is 3.11. The van der Waals surface area contributed by atoms with E-state index in [0.29, 0.717) is 5.69 Å². The number of carbonyl (C=O) groups excluding carboxylic acids is 3. The molecule has 3 heterocycles. The van der Waals surface area contributed by atoms with E-state index in [-0.39, 0.29) is 30.4 Å². The zero-order valence-corrected chi connectivity index (χ0v) is 19.7. The lowest BCUT2D eigenvalue weighted by atomic mass is 9.97. The smallest absolute Gasteiger partial charge is 0.332 e. The SMILES string of the molecule is CC(C)Nc1cc(CN2C(=O)N(c3ccc4c(c3)N(C)C(=O)C43CC3)C(=O)C2(C)C)ccn1. The van der Waals surface area contributed by atoms with Crippen LogP contribution < -0.4 is 15.1 Å². The van der Waals surface area contributed by atoms with E-state index >= 15 is 0 Å². The number of nitrogens with one attached hydrogen (secondary N) is 1. The van der Waals surface area contributed by atoms with Crippen LogP contribution in [0, 0.1) is 0 Å². The minimum absolute atomic E-state index is 0.0965. The molecule has 3 aliphatic rings. The highest BCUT2D eigenvalue weighted by Crippen LogP contribution is 2.57. The molecule has 0 bridgehead atoms. The molecule has 2 fully saturated rings. The summed E-state index contributed by atoms with van der Waals surface area (Å²) >= 11 is 0. The second kappa shape index (κ2) is 7.04. The van der Waals surface area contributed by atoms with Crippen LogP contribution in [0.5, 0.6) is 0 Å². The number of anilines is 3. The summed E-state index contributed by atoms with van der Waals surface area (Å²) in [5.74, 6) is 0.546. The molecular formula is C25H29N5O3. The van der Waals surface area contributed by atoms with Crippen molar-refractivity contribution >= 4 is 35.0 Å². The van der Waals surface area contributed by atoms with E-state index in [1.807, 2.05) is 32.0 Å². The first-order valence-electron chi connectivity index (χ1n) is 11.4. The number of hydrogen-bond donors (Lipinski definition) is 1. The van der Waals surface area contributed by atoms with E-state index in [9.17, 15) is 14.4 Å². The van der Waals surface area contributed by atoms with Crippen LogP contribution in [0.25, 0.3) is 0 Å². The number of amides is 4. The molecule has 8 heteroatoms. The van der Waals surface area contributed by atoms with Crippen LogP contribution in [-0.2, 0) is 21.5 Å². The predicted molar refractivity (Wildman–Crippen MR) is 126 cm³/mol. The largest absolute Gasteiger partial charge is 0.368 e. The van der Waals surface area contributed by atoms with Crippen LogP contribution in [0.4, 0.5) is 22.0 Å². The first-order chi connectivity index (χ1) is 15.6. The Morgan fingerprint density at radius 1 is 1.06 bits per heavy atom. The van der Waals surface area contributed by atoms with Crippen molar-refractivity contribution in [2.75, 3.05) is 22.2 Å². The number of imide groups is 1. The van der Waals surface area contributed by atoms with E-state index in [4.69, 9.17) is 0 Å². The first kappa shape index (κ1) is 21.4. The molecule has 0 unspecified atom stereocenters. The average Bonchev–Trinajstić information content (AvgIpc) is 3.51. The normalized spacial score (nSPS) is 20.3. The zero-order valence-electron chi connectivity index (χ0n) is 19.7. The number of urea groups is 1. The summed E-state index contributed by atoms with van der Waals surface area (Å²) in [6.07, 6.45) is 3.41. The molecular weight excluding hydrogens is 418 g/mol. The van der Waals surface area contributed by atoms with Crippen molar-refractivity contribution in [3.05, 3.63) is 47.7 Å². The monoisotopic (exact) mass is 447 g/mol. The molecule has 5 rings (SSSR count). The van der Waals surface area contributed by atoms with Gasteiger partial charge >= 0.3 is 6.03 Å². The van der Waals surface area contributed by atoms with Gasteiger partial charge in [-0.1, -0.05) is 6.07 Å². The molecule has 1 saturated carbocycles. The van der Waals surface area contributed by atoms with Gasteiger partial charge in [-0.2, -0.15) is 0 Å². The fourth-order valence-corrected chi connectivity index (χ4v) is 4.95. The topological polar surface area (TPSA) is 85.9 Å². The van der Waals surface area contributed by atoms with Gasteiger partial charge in [-0.15, -0.1) is 0 Å². The number of rotatable bonds is 5. The Hall–Kier alpha value is -3.42. The Balaban J connectivity index is 1.45. The number of likely N-dealkylation sites (N-methyl/N-ethyl adjacent to an activating group) is 1. The summed E-state index contributed by atoms with van der Waals surface area (Å²) in [4.78, 5) is 48.4. The van der Waals surface area contributed by atoms with E-state index in [1.54, 1.807) is 49.0 Å². The third-order valence-electron chi connectivity index (χ3n) is 7.01. The molecule has 0 radical (unpaired) electrons. The number of pyridine rings is 1. The molecule has 4 amide bonds. The van der Waals surface area contributed by atoms with Crippen molar-refractivity contribution in [1.82, 2.24) is 9.88 Å². The lowest BCUT2D eigenvalue weighted by molar-refractivity contribution is -0.123. The summed E-state index contributed by atoms with van der Waals surface area (Å²) in [5.41, 5.74) is 1.76. The molecule has 1 saturated heterocycles. The van der Waals surface area contributed by atoms with Crippen molar-refractivity contribution in [2.45, 2.75) is 64.1 Å². The maximum absolute atomic E-state index is 13.5. The summed E-state index contributed by atoms with van der Waals surface area (Å²) < 4.78 is 0. The van der Waals surface area contributed by atoms with Crippen molar-refractivity contribution in [3.8, 4) is 0 Å². The van der Waals surface area contributed by atoms with Gasteiger partial charge in [-0.05, 0) is 75.9 Å². The highest BCUT2D eigenvalue weighted by atomic mass is 16.2. The van der Waals surface area contributed by atoms with Gasteiger partial charge in [0.1, 0.15) is 11.4 Å². The number of hydrogen-bond acceptors (Lipinski definition) is 5. The number of aromatic nitrogens is 1. The number of fused-ring (bicyclic) bond motifs is 2. The highest BCUT2D eigenvalue weighted by molar-refractivity contribution is 6.23. The molecule has 172 valence electrons. The Labute approximate surface area is 193 Å². The standard InChI is InChI=1S/C25H29N5O3/c1-15(2)27-20-12-16(8-11-26-20)14-29-23(33)30(21(31)24(29,3)4)17-6-7-18-19(13-17)28(5)22(32)25(18)9-10-25/h6-8,11-13,15H,9-10,14H2,1-5H3,(H,26,27). The van der Waals surface area contributed by atoms with Crippen LogP contribution in [0.3, 0.4) is 0 Å². The Morgan fingerprint density at radius 3 is 2.45 bits per heavy atom. The van der Waals surface area contributed by atoms with Crippen LogP contribution >= 0.6 is 0 Å². The van der Waals surface area contributed by atoms with Gasteiger partial charge in [0.15, 0.2) is 0 Å². The van der Waals surface area contributed by atoms with Gasteiger partial charge in [0.25, 0.3) is 5.91 Å². The van der Waals surface area contributed by atoms with Crippen molar-refractivity contribution in [1.29, 1.82) is 0 Å². The number of nitrogens with zero attached hydrogens (tertiary/aromatic N) is 4. The summed E-state index contributed by atoms with van der Waals surface area (Å²) in [5, 5.41) is 3.26. The maximum atomic E-state index is 13.5. The lowest BCUT2D eigenvalue weighted by Crippen LogP contribution is -2.43. The Kier molecular flexibility index (Phi) is 4.57. The van der Waals surface area contributed by atoms with Gasteiger partial charge in [0.2, 0.25) is 5.91 Å². The number of carbonyl (C=O) groups is 3. The zero-order chi connectivity index (χ0) is 23.7. The highest BCUT2D eigenvalue weighted by Gasteiger charge is 2.59. The van der Waals surface area contributed by atoms with Gasteiger partial charge < -0.3 is 15.1 Å². The number of benzene rings is 1. The Bertz CT molecular complexity index is 1180. The maximum Gasteiger partial charge on any atom is 0.332 e. The minimum atomic E-state index is -1.01. The summed E-state index contributed by atoms with van der Waals surface area (Å²) in [7, 11) is 1.76. The summed E-state index contributed by atoms with van der Waals surface area (Å²) in [6.45, 7) is 7.89. The fraction of sp³-hybridized carbons (Fsp3) is 0.440. The molecule has 1 aromatic carbocycles. The van der Waals surface area contributed by atoms with Gasteiger partial charge in [-0.3, -0.25) is 9.59 Å². The van der Waals surface area contributed by atoms with Crippen molar-refractivity contribution < 1.29 is 14.4 Å². The van der Waals surface area contributed by atoms with E-state index in [2.05, 4.69) is 10.3 Å². The Morgan fingerprint density at radius 2 is 1.79 bits per heavy atom. The molecule has 1 spiro atoms. The second-order valence-electron chi connectivity index (χ2n) is 10.1.